The maximum atomic E-state index is 13.3. The molecule has 0 aliphatic rings. The summed E-state index contributed by atoms with van der Waals surface area (Å²) in [6, 6.07) is 3.38. The van der Waals surface area contributed by atoms with Gasteiger partial charge in [-0.15, -0.1) is 6.58 Å². The molecule has 2 nitrogen and oxygen atoms in total. The quantitative estimate of drug-likeness (QED) is 0.720. The van der Waals surface area contributed by atoms with E-state index in [0.29, 0.717) is 17.8 Å². The van der Waals surface area contributed by atoms with Crippen molar-refractivity contribution in [1.29, 1.82) is 0 Å². The zero-order chi connectivity index (χ0) is 9.68. The van der Waals surface area contributed by atoms with Crippen molar-refractivity contribution >= 4 is 5.82 Å². The first-order chi connectivity index (χ1) is 6.27. The van der Waals surface area contributed by atoms with Crippen molar-refractivity contribution in [3.8, 4) is 0 Å². The molecule has 0 radical (unpaired) electrons. The Morgan fingerprint density at radius 1 is 1.77 bits per heavy atom. The summed E-state index contributed by atoms with van der Waals surface area (Å²) in [7, 11) is 1.76. The second-order valence-electron chi connectivity index (χ2n) is 2.72. The zero-order valence-corrected chi connectivity index (χ0v) is 7.63. The minimum Gasteiger partial charge on any atom is -0.373 e. The van der Waals surface area contributed by atoms with Gasteiger partial charge < -0.3 is 5.32 Å². The number of nitrogens with one attached hydrogen (secondary N) is 1. The zero-order valence-electron chi connectivity index (χ0n) is 7.63. The average Bonchev–Trinajstić information content (AvgIpc) is 2.18. The Kier molecular flexibility index (Phi) is 3.43. The number of pyridine rings is 1. The normalized spacial score (nSPS) is 12.2. The summed E-state index contributed by atoms with van der Waals surface area (Å²) < 4.78 is 13.3. The third-order valence-corrected chi connectivity index (χ3v) is 1.78. The number of allylic oxidation sites excluding steroid dienone is 1. The molecule has 0 aliphatic carbocycles. The number of hydrogen-bond acceptors (Lipinski definition) is 2. The van der Waals surface area contributed by atoms with Gasteiger partial charge in [-0.05, 0) is 17.7 Å². The number of rotatable bonds is 4. The SMILES string of the molecule is C=CCC(F)c1ccnc(NC)c1. The molecule has 0 spiro atoms. The maximum absolute atomic E-state index is 13.3. The molecule has 0 aliphatic heterocycles. The monoisotopic (exact) mass is 180 g/mol. The van der Waals surface area contributed by atoms with Gasteiger partial charge in [-0.2, -0.15) is 0 Å². The fraction of sp³-hybridized carbons (Fsp3) is 0.300. The smallest absolute Gasteiger partial charge is 0.129 e. The van der Waals surface area contributed by atoms with E-state index in [-0.39, 0.29) is 0 Å². The van der Waals surface area contributed by atoms with Crippen LogP contribution in [0.4, 0.5) is 10.2 Å². The third kappa shape index (κ3) is 2.54. The molecular weight excluding hydrogens is 167 g/mol. The van der Waals surface area contributed by atoms with E-state index in [1.165, 1.54) is 0 Å². The molecule has 1 atom stereocenters. The van der Waals surface area contributed by atoms with Crippen LogP contribution in [0, 0.1) is 0 Å². The fourth-order valence-corrected chi connectivity index (χ4v) is 1.06. The maximum Gasteiger partial charge on any atom is 0.129 e. The molecular formula is C10H13FN2. The van der Waals surface area contributed by atoms with Gasteiger partial charge in [0.1, 0.15) is 12.0 Å². The highest BCUT2D eigenvalue weighted by Crippen LogP contribution is 2.22. The van der Waals surface area contributed by atoms with Crippen LogP contribution in [0.2, 0.25) is 0 Å². The lowest BCUT2D eigenvalue weighted by atomic mass is 10.1. The molecule has 0 saturated carbocycles. The summed E-state index contributed by atoms with van der Waals surface area (Å²) in [5, 5.41) is 2.86. The molecule has 0 bridgehead atoms. The van der Waals surface area contributed by atoms with Gasteiger partial charge in [-0.25, -0.2) is 9.37 Å². The standard InChI is InChI=1S/C10H13FN2/c1-3-4-9(11)8-5-6-13-10(7-8)12-2/h3,5-7,9H,1,4H2,2H3,(H,12,13). The van der Waals surface area contributed by atoms with E-state index in [1.807, 2.05) is 0 Å². The van der Waals surface area contributed by atoms with E-state index in [2.05, 4.69) is 16.9 Å². The Morgan fingerprint density at radius 2 is 2.54 bits per heavy atom. The second-order valence-corrected chi connectivity index (χ2v) is 2.72. The molecule has 1 rings (SSSR count). The van der Waals surface area contributed by atoms with Crippen LogP contribution in [-0.2, 0) is 0 Å². The van der Waals surface area contributed by atoms with Crippen LogP contribution < -0.4 is 5.32 Å². The molecule has 1 aromatic heterocycles. The van der Waals surface area contributed by atoms with E-state index in [4.69, 9.17) is 0 Å². The summed E-state index contributed by atoms with van der Waals surface area (Å²) in [5.74, 6) is 0.684. The van der Waals surface area contributed by atoms with E-state index >= 15 is 0 Å². The van der Waals surface area contributed by atoms with Gasteiger partial charge in [0.2, 0.25) is 0 Å². The number of nitrogens with zero attached hydrogens (tertiary/aromatic N) is 1. The van der Waals surface area contributed by atoms with Crippen LogP contribution in [0.1, 0.15) is 18.2 Å². The molecule has 3 heteroatoms. The predicted octanol–water partition coefficient (Wildman–Crippen LogP) is 2.71. The lowest BCUT2D eigenvalue weighted by Crippen LogP contribution is -1.95. The fourth-order valence-electron chi connectivity index (χ4n) is 1.06. The minimum atomic E-state index is -0.979. The summed E-state index contributed by atoms with van der Waals surface area (Å²) in [5.41, 5.74) is 0.638. The van der Waals surface area contributed by atoms with Crippen molar-refractivity contribution in [3.05, 3.63) is 36.5 Å². The van der Waals surface area contributed by atoms with Crippen LogP contribution in [0.25, 0.3) is 0 Å². The van der Waals surface area contributed by atoms with Crippen LogP contribution in [0.15, 0.2) is 31.0 Å². The van der Waals surface area contributed by atoms with E-state index < -0.39 is 6.17 Å². The van der Waals surface area contributed by atoms with Crippen molar-refractivity contribution < 1.29 is 4.39 Å². The molecule has 0 saturated heterocycles. The first kappa shape index (κ1) is 9.71. The van der Waals surface area contributed by atoms with Gasteiger partial charge in [0.05, 0.1) is 0 Å². The molecule has 0 fully saturated rings. The number of alkyl halides is 1. The number of aromatic nitrogens is 1. The van der Waals surface area contributed by atoms with Crippen molar-refractivity contribution in [3.63, 3.8) is 0 Å². The van der Waals surface area contributed by atoms with Gasteiger partial charge in [0.15, 0.2) is 0 Å². The molecule has 1 aromatic rings. The molecule has 1 N–H and O–H groups in total. The van der Waals surface area contributed by atoms with E-state index in [1.54, 1.807) is 31.5 Å². The molecule has 70 valence electrons. The highest BCUT2D eigenvalue weighted by Gasteiger charge is 2.07. The number of hydrogen-bond donors (Lipinski definition) is 1. The van der Waals surface area contributed by atoms with Crippen LogP contribution in [0.5, 0.6) is 0 Å². The van der Waals surface area contributed by atoms with Crippen molar-refractivity contribution in [2.45, 2.75) is 12.6 Å². The molecule has 13 heavy (non-hydrogen) atoms. The van der Waals surface area contributed by atoms with Gasteiger partial charge in [0.25, 0.3) is 0 Å². The van der Waals surface area contributed by atoms with Gasteiger partial charge in [-0.3, -0.25) is 0 Å². The largest absolute Gasteiger partial charge is 0.373 e. The molecule has 1 heterocycles. The summed E-state index contributed by atoms with van der Waals surface area (Å²) in [6.45, 7) is 3.50. The lowest BCUT2D eigenvalue weighted by molar-refractivity contribution is 0.347. The topological polar surface area (TPSA) is 24.9 Å². The molecule has 1 unspecified atom stereocenters. The Bertz CT molecular complexity index is 286. The van der Waals surface area contributed by atoms with Crippen molar-refractivity contribution in [2.24, 2.45) is 0 Å². The predicted molar refractivity (Wildman–Crippen MR) is 52.4 cm³/mol. The Hall–Kier alpha value is -1.38. The van der Waals surface area contributed by atoms with Crippen LogP contribution >= 0.6 is 0 Å². The summed E-state index contributed by atoms with van der Waals surface area (Å²) in [4.78, 5) is 4.00. The molecule has 0 amide bonds. The first-order valence-corrected chi connectivity index (χ1v) is 4.16. The lowest BCUT2D eigenvalue weighted by Gasteiger charge is -2.06. The highest BCUT2D eigenvalue weighted by atomic mass is 19.1. The highest BCUT2D eigenvalue weighted by molar-refractivity contribution is 5.37. The van der Waals surface area contributed by atoms with Crippen molar-refractivity contribution in [1.82, 2.24) is 4.98 Å². The van der Waals surface area contributed by atoms with Gasteiger partial charge in [-0.1, -0.05) is 6.08 Å². The Labute approximate surface area is 77.5 Å². The summed E-state index contributed by atoms with van der Waals surface area (Å²) in [6.07, 6.45) is 2.53. The molecule has 0 aromatic carbocycles. The van der Waals surface area contributed by atoms with Crippen LogP contribution in [0.3, 0.4) is 0 Å². The van der Waals surface area contributed by atoms with E-state index in [0.717, 1.165) is 0 Å². The first-order valence-electron chi connectivity index (χ1n) is 4.16. The summed E-state index contributed by atoms with van der Waals surface area (Å²) >= 11 is 0. The minimum absolute atomic E-state index is 0.340. The van der Waals surface area contributed by atoms with E-state index in [9.17, 15) is 4.39 Å². The Balaban J connectivity index is 2.81. The Morgan fingerprint density at radius 3 is 3.15 bits per heavy atom. The third-order valence-electron chi connectivity index (χ3n) is 1.78. The second kappa shape index (κ2) is 4.60. The van der Waals surface area contributed by atoms with Crippen molar-refractivity contribution in [2.75, 3.05) is 12.4 Å². The van der Waals surface area contributed by atoms with Gasteiger partial charge in [0, 0.05) is 19.7 Å². The average molecular weight is 180 g/mol. The number of halogens is 1. The van der Waals surface area contributed by atoms with Gasteiger partial charge >= 0.3 is 0 Å². The number of anilines is 1. The van der Waals surface area contributed by atoms with Crippen LogP contribution in [-0.4, -0.2) is 12.0 Å².